The molecule has 0 unspecified atom stereocenters. The molecule has 0 atom stereocenters. The highest BCUT2D eigenvalue weighted by Crippen LogP contribution is 2.37. The molecule has 0 aliphatic carbocycles. The Hall–Kier alpha value is -3.64. The second-order valence-electron chi connectivity index (χ2n) is 14.1. The molecular formula is C32H44BN3O8. The zero-order valence-electron chi connectivity index (χ0n) is 27.7. The van der Waals surface area contributed by atoms with E-state index in [-0.39, 0.29) is 12.2 Å². The second-order valence-corrected chi connectivity index (χ2v) is 14.1. The molecule has 0 radical (unpaired) electrons. The number of benzene rings is 1. The molecule has 2 aromatic rings. The van der Waals surface area contributed by atoms with Crippen LogP contribution in [0.4, 0.5) is 16.3 Å². The number of amides is 1. The van der Waals surface area contributed by atoms with Gasteiger partial charge in [-0.15, -0.1) is 0 Å². The lowest BCUT2D eigenvalue weighted by Gasteiger charge is -2.32. The molecule has 0 bridgehead atoms. The molecule has 44 heavy (non-hydrogen) atoms. The Morgan fingerprint density at radius 2 is 1.50 bits per heavy atom. The maximum absolute atomic E-state index is 13.5. The van der Waals surface area contributed by atoms with Crippen LogP contribution in [0.2, 0.25) is 0 Å². The topological polar surface area (TPSA) is 126 Å². The average molecular weight is 610 g/mol. The summed E-state index contributed by atoms with van der Waals surface area (Å²) in [4.78, 5) is 45.6. The first-order valence-electron chi connectivity index (χ1n) is 14.8. The summed E-state index contributed by atoms with van der Waals surface area (Å²) in [5.74, 6) is -0.580. The number of rotatable bonds is 5. The highest BCUT2D eigenvalue weighted by atomic mass is 16.7. The maximum Gasteiger partial charge on any atom is 0.497 e. The normalized spacial score (nSPS) is 17.5. The van der Waals surface area contributed by atoms with Gasteiger partial charge in [0, 0.05) is 24.2 Å². The average Bonchev–Trinajstić information content (AvgIpc) is 3.11. The predicted molar refractivity (Wildman–Crippen MR) is 168 cm³/mol. The van der Waals surface area contributed by atoms with Crippen LogP contribution in [0.3, 0.4) is 0 Å². The molecular weight excluding hydrogens is 565 g/mol. The number of methoxy groups -OCH3 is 1. The van der Waals surface area contributed by atoms with Crippen LogP contribution in [-0.4, -0.2) is 66.2 Å². The van der Waals surface area contributed by atoms with E-state index in [1.165, 1.54) is 7.11 Å². The summed E-state index contributed by atoms with van der Waals surface area (Å²) in [5, 5.41) is 2.83. The van der Waals surface area contributed by atoms with Crippen LogP contribution in [0.15, 0.2) is 24.3 Å². The van der Waals surface area contributed by atoms with Crippen molar-refractivity contribution in [2.45, 2.75) is 105 Å². The van der Waals surface area contributed by atoms with Gasteiger partial charge in [-0.2, -0.15) is 0 Å². The van der Waals surface area contributed by atoms with E-state index in [0.717, 1.165) is 5.56 Å². The van der Waals surface area contributed by atoms with Gasteiger partial charge in [0.15, 0.2) is 5.69 Å². The lowest BCUT2D eigenvalue weighted by Crippen LogP contribution is -2.41. The van der Waals surface area contributed by atoms with Crippen molar-refractivity contribution in [1.29, 1.82) is 0 Å². The highest BCUT2D eigenvalue weighted by molar-refractivity contribution is 6.63. The second kappa shape index (κ2) is 11.7. The van der Waals surface area contributed by atoms with E-state index in [1.807, 2.05) is 32.6 Å². The number of pyridine rings is 1. The van der Waals surface area contributed by atoms with E-state index in [0.29, 0.717) is 41.1 Å². The third-order valence-electron chi connectivity index (χ3n) is 7.79. The maximum atomic E-state index is 13.5. The fourth-order valence-corrected chi connectivity index (χ4v) is 4.99. The molecule has 1 amide bonds. The summed E-state index contributed by atoms with van der Waals surface area (Å²) in [5.41, 5.74) is 0.330. The molecule has 2 aliphatic rings. The van der Waals surface area contributed by atoms with Crippen LogP contribution in [-0.2, 0) is 36.5 Å². The largest absolute Gasteiger partial charge is 0.497 e. The molecule has 1 saturated heterocycles. The van der Waals surface area contributed by atoms with Crippen molar-refractivity contribution < 1.29 is 37.9 Å². The van der Waals surface area contributed by atoms with Crippen molar-refractivity contribution >= 4 is 42.1 Å². The Kier molecular flexibility index (Phi) is 8.85. The molecule has 4 rings (SSSR count). The van der Waals surface area contributed by atoms with Gasteiger partial charge in [-0.05, 0) is 105 Å². The Morgan fingerprint density at radius 3 is 2.07 bits per heavy atom. The standard InChI is InChI=1S/C32H44BN3O8/c1-29(2,3)41-27(38)25-22(33-43-31(7,8)32(9,10)44-33)13-15-24(35-25)36-17-16-19-21(18-36)20(26(37)40-11)12-14-23(19)34-28(39)42-30(4,5)6/h12-15H,16-18H2,1-11H3,(H,34,39). The minimum atomic E-state index is -0.821. The van der Waals surface area contributed by atoms with Crippen LogP contribution in [0.5, 0.6) is 0 Å². The number of ether oxygens (including phenoxy) is 3. The summed E-state index contributed by atoms with van der Waals surface area (Å²) in [6.07, 6.45) is -0.108. The third kappa shape index (κ3) is 7.18. The molecule has 1 aromatic carbocycles. The van der Waals surface area contributed by atoms with Crippen molar-refractivity contribution in [1.82, 2.24) is 4.98 Å². The van der Waals surface area contributed by atoms with Gasteiger partial charge >= 0.3 is 25.2 Å². The van der Waals surface area contributed by atoms with Gasteiger partial charge in [-0.25, -0.2) is 19.4 Å². The molecule has 1 fully saturated rings. The quantitative estimate of drug-likeness (QED) is 0.280. The number of hydrogen-bond acceptors (Lipinski definition) is 10. The minimum absolute atomic E-state index is 0.0928. The molecule has 0 saturated carbocycles. The molecule has 0 spiro atoms. The molecule has 238 valence electrons. The zero-order chi connectivity index (χ0) is 32.8. The fourth-order valence-electron chi connectivity index (χ4n) is 4.99. The third-order valence-corrected chi connectivity index (χ3v) is 7.79. The first kappa shape index (κ1) is 33.3. The lowest BCUT2D eigenvalue weighted by atomic mass is 9.77. The van der Waals surface area contributed by atoms with E-state index >= 15 is 0 Å². The van der Waals surface area contributed by atoms with E-state index in [4.69, 9.17) is 28.5 Å². The summed E-state index contributed by atoms with van der Waals surface area (Å²) in [6, 6.07) is 6.89. The number of nitrogens with zero attached hydrogens (tertiary/aromatic N) is 2. The summed E-state index contributed by atoms with van der Waals surface area (Å²) in [7, 11) is 0.504. The number of hydrogen-bond donors (Lipinski definition) is 1. The Balaban J connectivity index is 1.72. The van der Waals surface area contributed by atoms with Crippen molar-refractivity contribution in [2.24, 2.45) is 0 Å². The minimum Gasteiger partial charge on any atom is -0.465 e. The number of carbonyl (C=O) groups is 3. The number of nitrogens with one attached hydrogen (secondary N) is 1. The number of aromatic nitrogens is 1. The number of carbonyl (C=O) groups excluding carboxylic acids is 3. The van der Waals surface area contributed by atoms with Gasteiger partial charge in [-0.3, -0.25) is 5.32 Å². The number of esters is 2. The van der Waals surface area contributed by atoms with E-state index in [1.54, 1.807) is 65.8 Å². The van der Waals surface area contributed by atoms with E-state index < -0.39 is 47.6 Å². The first-order valence-corrected chi connectivity index (χ1v) is 14.8. The predicted octanol–water partition coefficient (Wildman–Crippen LogP) is 5.03. The van der Waals surface area contributed by atoms with Crippen molar-refractivity contribution in [3.8, 4) is 0 Å². The van der Waals surface area contributed by atoms with E-state index in [2.05, 4.69) is 5.32 Å². The van der Waals surface area contributed by atoms with Gasteiger partial charge in [0.05, 0.1) is 23.9 Å². The van der Waals surface area contributed by atoms with Crippen molar-refractivity contribution in [3.05, 3.63) is 46.6 Å². The van der Waals surface area contributed by atoms with Gasteiger partial charge in [0.25, 0.3) is 0 Å². The number of fused-ring (bicyclic) bond motifs is 1. The lowest BCUT2D eigenvalue weighted by molar-refractivity contribution is 0.00578. The molecule has 1 N–H and O–H groups in total. The summed E-state index contributed by atoms with van der Waals surface area (Å²) in [6.45, 7) is 19.3. The van der Waals surface area contributed by atoms with Gasteiger partial charge < -0.3 is 28.4 Å². The molecule has 11 nitrogen and oxygen atoms in total. The van der Waals surface area contributed by atoms with Crippen LogP contribution in [0, 0.1) is 0 Å². The molecule has 2 aliphatic heterocycles. The SMILES string of the molecule is COC(=O)c1ccc(NC(=O)OC(C)(C)C)c2c1CN(c1ccc(B3OC(C)(C)C(C)(C)O3)c(C(=O)OC(C)(C)C)n1)CC2. The van der Waals surface area contributed by atoms with Crippen molar-refractivity contribution in [2.75, 3.05) is 23.9 Å². The molecule has 3 heterocycles. The number of anilines is 2. The van der Waals surface area contributed by atoms with E-state index in [9.17, 15) is 14.4 Å². The first-order chi connectivity index (χ1) is 20.2. The molecule has 12 heteroatoms. The van der Waals surface area contributed by atoms with Crippen molar-refractivity contribution in [3.63, 3.8) is 0 Å². The Morgan fingerprint density at radius 1 is 0.886 bits per heavy atom. The summed E-state index contributed by atoms with van der Waals surface area (Å²) < 4.78 is 28.7. The Bertz CT molecular complexity index is 1440. The Labute approximate surface area is 260 Å². The summed E-state index contributed by atoms with van der Waals surface area (Å²) >= 11 is 0. The monoisotopic (exact) mass is 609 g/mol. The smallest absolute Gasteiger partial charge is 0.465 e. The van der Waals surface area contributed by atoms with Gasteiger partial charge in [0.2, 0.25) is 0 Å². The fraction of sp³-hybridized carbons (Fsp3) is 0.562. The molecule has 1 aromatic heterocycles. The van der Waals surface area contributed by atoms with Crippen LogP contribution < -0.4 is 15.7 Å². The highest BCUT2D eigenvalue weighted by Gasteiger charge is 2.53. The van der Waals surface area contributed by atoms with Crippen LogP contribution in [0.25, 0.3) is 0 Å². The van der Waals surface area contributed by atoms with Crippen LogP contribution >= 0.6 is 0 Å². The zero-order valence-corrected chi connectivity index (χ0v) is 27.7. The van der Waals surface area contributed by atoms with Crippen LogP contribution in [0.1, 0.15) is 101 Å². The van der Waals surface area contributed by atoms with Gasteiger partial charge in [0.1, 0.15) is 17.0 Å². The van der Waals surface area contributed by atoms with Gasteiger partial charge in [-0.1, -0.05) is 6.07 Å².